The molecule has 1 heterocycles. The van der Waals surface area contributed by atoms with Crippen LogP contribution in [-0.4, -0.2) is 41.7 Å². The SMILES string of the molecule is CCOC(=O)C(C(C)=O)C(c1cccc(-c2nc(-c3ccccc3)cs2)c1)C(C(C)=O)C(=O)OCC. The minimum Gasteiger partial charge on any atom is -0.465 e. The third-order valence-electron chi connectivity index (χ3n) is 5.77. The van der Waals surface area contributed by atoms with E-state index in [2.05, 4.69) is 0 Å². The zero-order valence-corrected chi connectivity index (χ0v) is 21.5. The molecule has 0 radical (unpaired) electrons. The van der Waals surface area contributed by atoms with Crippen molar-refractivity contribution in [2.45, 2.75) is 33.6 Å². The number of rotatable bonds is 11. The van der Waals surface area contributed by atoms with Crippen molar-refractivity contribution in [1.29, 1.82) is 0 Å². The number of hydrogen-bond acceptors (Lipinski definition) is 8. The van der Waals surface area contributed by atoms with Crippen molar-refractivity contribution in [3.8, 4) is 21.8 Å². The first-order valence-electron chi connectivity index (χ1n) is 11.7. The van der Waals surface area contributed by atoms with Crippen LogP contribution in [0.4, 0.5) is 0 Å². The van der Waals surface area contributed by atoms with E-state index in [0.29, 0.717) is 5.56 Å². The zero-order chi connectivity index (χ0) is 26.2. The van der Waals surface area contributed by atoms with Crippen molar-refractivity contribution in [3.05, 3.63) is 65.5 Å². The van der Waals surface area contributed by atoms with Crippen molar-refractivity contribution in [1.82, 2.24) is 4.98 Å². The van der Waals surface area contributed by atoms with Crippen LogP contribution in [0.5, 0.6) is 0 Å². The van der Waals surface area contributed by atoms with Crippen LogP contribution in [0.3, 0.4) is 0 Å². The normalized spacial score (nSPS) is 13.3. The van der Waals surface area contributed by atoms with Crippen molar-refractivity contribution in [2.24, 2.45) is 11.8 Å². The Hall–Kier alpha value is -3.65. The Labute approximate surface area is 214 Å². The van der Waals surface area contributed by atoms with E-state index in [4.69, 9.17) is 14.5 Å². The fraction of sp³-hybridized carbons (Fsp3) is 0.321. The molecule has 2 atom stereocenters. The number of benzene rings is 2. The molecule has 0 saturated heterocycles. The van der Waals surface area contributed by atoms with Crippen LogP contribution in [0.1, 0.15) is 39.2 Å². The van der Waals surface area contributed by atoms with Crippen molar-refractivity contribution >= 4 is 34.8 Å². The molecule has 188 valence electrons. The molecule has 0 fully saturated rings. The lowest BCUT2D eigenvalue weighted by Crippen LogP contribution is -2.40. The maximum absolute atomic E-state index is 12.9. The molecule has 3 aromatic rings. The number of carbonyl (C=O) groups is 4. The first-order valence-corrected chi connectivity index (χ1v) is 12.6. The molecule has 0 aliphatic heterocycles. The summed E-state index contributed by atoms with van der Waals surface area (Å²) >= 11 is 1.45. The van der Waals surface area contributed by atoms with Crippen LogP contribution in [0.2, 0.25) is 0 Å². The highest BCUT2D eigenvalue weighted by Crippen LogP contribution is 2.38. The van der Waals surface area contributed by atoms with Gasteiger partial charge in [0.15, 0.2) is 0 Å². The van der Waals surface area contributed by atoms with Crippen molar-refractivity contribution < 1.29 is 28.7 Å². The Morgan fingerprint density at radius 2 is 1.36 bits per heavy atom. The van der Waals surface area contributed by atoms with Gasteiger partial charge in [-0.2, -0.15) is 0 Å². The highest BCUT2D eigenvalue weighted by Gasteiger charge is 2.45. The summed E-state index contributed by atoms with van der Waals surface area (Å²) in [5.41, 5.74) is 3.01. The molecule has 7 nitrogen and oxygen atoms in total. The summed E-state index contributed by atoms with van der Waals surface area (Å²) in [5.74, 6) is -6.36. The smallest absolute Gasteiger partial charge is 0.317 e. The van der Waals surface area contributed by atoms with Crippen LogP contribution in [0.25, 0.3) is 21.8 Å². The fourth-order valence-corrected chi connectivity index (χ4v) is 5.03. The van der Waals surface area contributed by atoms with Gasteiger partial charge in [0.25, 0.3) is 0 Å². The number of esters is 2. The summed E-state index contributed by atoms with van der Waals surface area (Å²) in [4.78, 5) is 56.0. The number of aromatic nitrogens is 1. The van der Waals surface area contributed by atoms with Gasteiger partial charge in [0.1, 0.15) is 28.4 Å². The Balaban J connectivity index is 2.12. The molecule has 0 spiro atoms. The standard InChI is InChI=1S/C28H29NO6S/c1-5-34-27(32)23(17(3)30)25(24(18(4)31)28(33)35-6-2)20-13-10-14-21(15-20)26-29-22(16-36-26)19-11-8-7-9-12-19/h7-16,23-25H,5-6H2,1-4H3. The monoisotopic (exact) mass is 507 g/mol. The Kier molecular flexibility index (Phi) is 9.25. The summed E-state index contributed by atoms with van der Waals surface area (Å²) in [6.07, 6.45) is 0. The zero-order valence-electron chi connectivity index (χ0n) is 20.7. The van der Waals surface area contributed by atoms with Gasteiger partial charge in [-0.3, -0.25) is 19.2 Å². The second kappa shape index (κ2) is 12.4. The van der Waals surface area contributed by atoms with Gasteiger partial charge in [0.05, 0.1) is 18.9 Å². The largest absolute Gasteiger partial charge is 0.465 e. The minimum absolute atomic E-state index is 0.0564. The molecule has 8 heteroatoms. The molecule has 2 unspecified atom stereocenters. The Morgan fingerprint density at radius 1 is 0.806 bits per heavy atom. The van der Waals surface area contributed by atoms with Gasteiger partial charge in [0, 0.05) is 22.4 Å². The Morgan fingerprint density at radius 3 is 1.89 bits per heavy atom. The number of nitrogens with zero attached hydrogens (tertiary/aromatic N) is 1. The number of ether oxygens (including phenoxy) is 2. The van der Waals surface area contributed by atoms with E-state index in [1.165, 1.54) is 25.2 Å². The summed E-state index contributed by atoms with van der Waals surface area (Å²) < 4.78 is 10.3. The summed E-state index contributed by atoms with van der Waals surface area (Å²) in [6.45, 7) is 5.89. The molecule has 0 N–H and O–H groups in total. The Bertz CT molecular complexity index is 1200. The van der Waals surface area contributed by atoms with Crippen molar-refractivity contribution in [2.75, 3.05) is 13.2 Å². The van der Waals surface area contributed by atoms with Gasteiger partial charge >= 0.3 is 11.9 Å². The van der Waals surface area contributed by atoms with E-state index in [1.807, 2.05) is 41.8 Å². The average Bonchev–Trinajstić information content (AvgIpc) is 3.35. The quantitative estimate of drug-likeness (QED) is 0.263. The molecule has 2 aromatic carbocycles. The number of carbonyl (C=O) groups excluding carboxylic acids is 4. The third-order valence-corrected chi connectivity index (χ3v) is 6.66. The second-order valence-electron chi connectivity index (χ2n) is 8.24. The lowest BCUT2D eigenvalue weighted by atomic mass is 9.73. The summed E-state index contributed by atoms with van der Waals surface area (Å²) in [7, 11) is 0. The molecular formula is C28H29NO6S. The number of thiazole rings is 1. The maximum atomic E-state index is 12.9. The second-order valence-corrected chi connectivity index (χ2v) is 9.09. The van der Waals surface area contributed by atoms with E-state index in [0.717, 1.165) is 21.8 Å². The van der Waals surface area contributed by atoms with E-state index in [1.54, 1.807) is 32.0 Å². The summed E-state index contributed by atoms with van der Waals surface area (Å²) in [5, 5.41) is 2.67. The molecule has 0 amide bonds. The van der Waals surface area contributed by atoms with Crippen LogP contribution in [0.15, 0.2) is 60.0 Å². The molecule has 36 heavy (non-hydrogen) atoms. The van der Waals surface area contributed by atoms with Crippen LogP contribution >= 0.6 is 11.3 Å². The lowest BCUT2D eigenvalue weighted by Gasteiger charge is -2.29. The van der Waals surface area contributed by atoms with Crippen LogP contribution < -0.4 is 0 Å². The first kappa shape index (κ1) is 26.9. The van der Waals surface area contributed by atoms with Crippen LogP contribution in [-0.2, 0) is 28.7 Å². The molecule has 3 rings (SSSR count). The molecule has 0 bridgehead atoms. The van der Waals surface area contributed by atoms with Gasteiger partial charge in [-0.25, -0.2) is 4.98 Å². The highest BCUT2D eigenvalue weighted by molar-refractivity contribution is 7.13. The van der Waals surface area contributed by atoms with Gasteiger partial charge in [0.2, 0.25) is 0 Å². The fourth-order valence-electron chi connectivity index (χ4n) is 4.20. The lowest BCUT2D eigenvalue weighted by molar-refractivity contribution is -0.157. The van der Waals surface area contributed by atoms with Gasteiger partial charge in [-0.1, -0.05) is 48.5 Å². The molecule has 0 aliphatic rings. The molecule has 0 saturated carbocycles. The minimum atomic E-state index is -1.35. The topological polar surface area (TPSA) is 99.6 Å². The third kappa shape index (κ3) is 6.12. The molecule has 0 aliphatic carbocycles. The number of ketones is 2. The maximum Gasteiger partial charge on any atom is 0.317 e. The number of hydrogen-bond donors (Lipinski definition) is 0. The predicted octanol–water partition coefficient (Wildman–Crippen LogP) is 5.10. The van der Waals surface area contributed by atoms with Crippen molar-refractivity contribution in [3.63, 3.8) is 0 Å². The first-order chi connectivity index (χ1) is 17.3. The van der Waals surface area contributed by atoms with Gasteiger partial charge in [-0.05, 0) is 39.3 Å². The average molecular weight is 508 g/mol. The van der Waals surface area contributed by atoms with E-state index in [9.17, 15) is 19.2 Å². The van der Waals surface area contributed by atoms with E-state index >= 15 is 0 Å². The molecule has 1 aromatic heterocycles. The van der Waals surface area contributed by atoms with Gasteiger partial charge < -0.3 is 9.47 Å². The number of Topliss-reactive ketones (excluding diaryl/α,β-unsaturated/α-hetero) is 2. The predicted molar refractivity (Wildman–Crippen MR) is 137 cm³/mol. The molecular weight excluding hydrogens is 478 g/mol. The summed E-state index contributed by atoms with van der Waals surface area (Å²) in [6, 6.07) is 16.8. The van der Waals surface area contributed by atoms with Gasteiger partial charge in [-0.15, -0.1) is 11.3 Å². The highest BCUT2D eigenvalue weighted by atomic mass is 32.1. The van der Waals surface area contributed by atoms with Crippen LogP contribution in [0, 0.1) is 11.8 Å². The van der Waals surface area contributed by atoms with E-state index in [-0.39, 0.29) is 13.2 Å². The van der Waals surface area contributed by atoms with E-state index < -0.39 is 41.3 Å².